The van der Waals surface area contributed by atoms with E-state index in [0.29, 0.717) is 0 Å². The Bertz CT molecular complexity index is 258. The van der Waals surface area contributed by atoms with E-state index in [9.17, 15) is 5.11 Å². The minimum atomic E-state index is -1.23. The molecule has 0 aliphatic carbocycles. The standard InChI is InChI=1S/C8H17B2BrO4/c1-8(12)6(15-10-3)5(4-13-9-2)14-7(8)11/h5-7,9-10,12H,4H2,1-3H3/t5-,6-,7+,8+/m1/s1/i9D,10D. The van der Waals surface area contributed by atoms with Crippen LogP contribution in [0.15, 0.2) is 0 Å². The van der Waals surface area contributed by atoms with Crippen LogP contribution in [-0.4, -0.2) is 52.1 Å². The van der Waals surface area contributed by atoms with Crippen LogP contribution in [0.3, 0.4) is 0 Å². The summed E-state index contributed by atoms with van der Waals surface area (Å²) in [6.07, 6.45) is -1.15. The maximum Gasteiger partial charge on any atom is 0.272 e. The summed E-state index contributed by atoms with van der Waals surface area (Å²) in [6.45, 7) is 4.91. The predicted molar refractivity (Wildman–Crippen MR) is 65.1 cm³/mol. The lowest BCUT2D eigenvalue weighted by Gasteiger charge is -2.28. The van der Waals surface area contributed by atoms with Crippen molar-refractivity contribution in [2.75, 3.05) is 6.61 Å². The van der Waals surface area contributed by atoms with Crippen molar-refractivity contribution in [1.29, 1.82) is 2.67 Å². The highest BCUT2D eigenvalue weighted by Gasteiger charge is 2.51. The van der Waals surface area contributed by atoms with Crippen molar-refractivity contribution in [2.45, 2.75) is 43.4 Å². The van der Waals surface area contributed by atoms with E-state index in [4.69, 9.17) is 16.7 Å². The molecule has 0 amide bonds. The molecule has 0 radical (unpaired) electrons. The topological polar surface area (TPSA) is 47.9 Å². The van der Waals surface area contributed by atoms with Crippen molar-refractivity contribution < 1.29 is 19.2 Å². The zero-order valence-electron chi connectivity index (χ0n) is 11.1. The minimum Gasteiger partial charge on any atom is -0.437 e. The van der Waals surface area contributed by atoms with Gasteiger partial charge in [0, 0.05) is 2.67 Å². The molecule has 15 heavy (non-hydrogen) atoms. The predicted octanol–water partition coefficient (Wildman–Crippen LogP) is 0.0582. The highest BCUT2D eigenvalue weighted by Crippen LogP contribution is 2.36. The van der Waals surface area contributed by atoms with Gasteiger partial charge in [0.15, 0.2) is 0 Å². The minimum absolute atomic E-state index is 0.153. The van der Waals surface area contributed by atoms with E-state index >= 15 is 0 Å². The molecule has 0 aromatic carbocycles. The molecule has 0 unspecified atom stereocenters. The van der Waals surface area contributed by atoms with Gasteiger partial charge in [-0.2, -0.15) is 0 Å². The van der Waals surface area contributed by atoms with Crippen molar-refractivity contribution in [3.63, 3.8) is 0 Å². The van der Waals surface area contributed by atoms with Gasteiger partial charge in [-0.25, -0.2) is 0 Å². The summed E-state index contributed by atoms with van der Waals surface area (Å²) < 4.78 is 30.7. The van der Waals surface area contributed by atoms with Crippen molar-refractivity contribution >= 4 is 30.8 Å². The van der Waals surface area contributed by atoms with E-state index < -0.39 is 37.7 Å². The highest BCUT2D eigenvalue weighted by molar-refractivity contribution is 9.09. The Hall–Kier alpha value is 0.450. The molecule has 1 N–H and O–H groups in total. The first kappa shape index (κ1) is 10.6. The first-order chi connectivity index (χ1) is 7.75. The van der Waals surface area contributed by atoms with Gasteiger partial charge in [0.05, 0.1) is 6.61 Å². The molecule has 0 spiro atoms. The molecule has 1 aliphatic heterocycles. The molecule has 7 heteroatoms. The van der Waals surface area contributed by atoms with Crippen molar-refractivity contribution in [1.82, 2.24) is 0 Å². The summed E-state index contributed by atoms with van der Waals surface area (Å²) in [7, 11) is -1.42. The molecular weight excluding hydrogens is 262 g/mol. The van der Waals surface area contributed by atoms with Gasteiger partial charge in [0.25, 0.3) is 14.9 Å². The van der Waals surface area contributed by atoms with Crippen LogP contribution in [-0.2, 0) is 14.0 Å². The Balaban J connectivity index is 2.68. The second kappa shape index (κ2) is 5.68. The third-order valence-electron chi connectivity index (χ3n) is 2.38. The first-order valence-corrected chi connectivity index (χ1v) is 5.80. The number of ether oxygens (including phenoxy) is 1. The molecule has 1 fully saturated rings. The van der Waals surface area contributed by atoms with Gasteiger partial charge >= 0.3 is 0 Å². The second-order valence-electron chi connectivity index (χ2n) is 3.58. The van der Waals surface area contributed by atoms with Gasteiger partial charge in [0.2, 0.25) is 0 Å². The third-order valence-corrected chi connectivity index (χ3v) is 3.52. The molecular formula is C8H17B2BrO4. The van der Waals surface area contributed by atoms with Crippen LogP contribution >= 0.6 is 15.9 Å². The third kappa shape index (κ3) is 2.97. The van der Waals surface area contributed by atoms with E-state index in [2.05, 4.69) is 15.9 Å². The van der Waals surface area contributed by atoms with E-state index in [0.717, 1.165) is 0 Å². The molecule has 0 bridgehead atoms. The van der Waals surface area contributed by atoms with E-state index in [1.54, 1.807) is 20.6 Å². The van der Waals surface area contributed by atoms with Crippen LogP contribution in [0.25, 0.3) is 0 Å². The summed E-state index contributed by atoms with van der Waals surface area (Å²) in [6, 6.07) is 0. The van der Waals surface area contributed by atoms with Crippen LogP contribution in [0.1, 0.15) is 6.92 Å². The summed E-state index contributed by atoms with van der Waals surface area (Å²) in [5.74, 6) is 0. The van der Waals surface area contributed by atoms with Crippen LogP contribution < -0.4 is 0 Å². The maximum atomic E-state index is 10.2. The lowest BCUT2D eigenvalue weighted by Crippen LogP contribution is -2.46. The van der Waals surface area contributed by atoms with Gasteiger partial charge in [-0.1, -0.05) is 29.6 Å². The van der Waals surface area contributed by atoms with Gasteiger partial charge in [-0.3, -0.25) is 0 Å². The number of alkyl halides is 1. The molecule has 0 aromatic heterocycles. The average Bonchev–Trinajstić information content (AvgIpc) is 2.38. The molecule has 4 atom stereocenters. The van der Waals surface area contributed by atoms with Crippen LogP contribution in [0.2, 0.25) is 13.6 Å². The molecule has 4 nitrogen and oxygen atoms in total. The number of halogens is 1. The van der Waals surface area contributed by atoms with Crippen LogP contribution in [0, 0.1) is 0 Å². The largest absolute Gasteiger partial charge is 0.437 e. The number of hydrogen-bond acceptors (Lipinski definition) is 4. The molecule has 1 rings (SSSR count). The average molecular weight is 281 g/mol. The molecule has 1 heterocycles. The van der Waals surface area contributed by atoms with Crippen molar-refractivity contribution in [3.05, 3.63) is 0 Å². The fraction of sp³-hybridized carbons (Fsp3) is 1.00. The zero-order valence-corrected chi connectivity index (χ0v) is 10.7. The van der Waals surface area contributed by atoms with Crippen molar-refractivity contribution in [3.8, 4) is 0 Å². The number of aliphatic hydroxyl groups is 1. The van der Waals surface area contributed by atoms with Gasteiger partial charge in [0.1, 0.15) is 22.8 Å². The van der Waals surface area contributed by atoms with Crippen LogP contribution in [0.5, 0.6) is 0 Å². The Morgan fingerprint density at radius 3 is 2.80 bits per heavy atom. The monoisotopic (exact) mass is 280 g/mol. The highest BCUT2D eigenvalue weighted by atomic mass is 79.9. The summed E-state index contributed by atoms with van der Waals surface area (Å²) in [5.41, 5.74) is -1.23. The maximum absolute atomic E-state index is 10.2. The van der Waals surface area contributed by atoms with Crippen LogP contribution in [0.4, 0.5) is 0 Å². The Morgan fingerprint density at radius 2 is 2.27 bits per heavy atom. The summed E-state index contributed by atoms with van der Waals surface area (Å²) >= 11 is 3.22. The van der Waals surface area contributed by atoms with Gasteiger partial charge < -0.3 is 19.2 Å². The van der Waals surface area contributed by atoms with Gasteiger partial charge in [-0.15, -0.1) is 0 Å². The Labute approximate surface area is 103 Å². The SMILES string of the molecule is [2H]B(C)OC[C@H]1O[C@H](Br)[C@@](C)(O)[C@@H]1OB([2H])C. The second-order valence-corrected chi connectivity index (χ2v) is 4.41. The normalized spacial score (nSPS) is 42.3. The molecule has 86 valence electrons. The summed E-state index contributed by atoms with van der Waals surface area (Å²) in [5, 5.41) is 9.65. The molecule has 1 saturated heterocycles. The summed E-state index contributed by atoms with van der Waals surface area (Å²) in [4.78, 5) is 0. The van der Waals surface area contributed by atoms with Gasteiger partial charge in [-0.05, 0) is 6.92 Å². The van der Waals surface area contributed by atoms with E-state index in [1.807, 2.05) is 0 Å². The fourth-order valence-electron chi connectivity index (χ4n) is 1.56. The lowest BCUT2D eigenvalue weighted by atomic mass is 9.95. The fourth-order valence-corrected chi connectivity index (χ4v) is 2.10. The van der Waals surface area contributed by atoms with E-state index in [-0.39, 0.29) is 6.61 Å². The Kier molecular flexibility index (Phi) is 4.01. The zero-order chi connectivity index (χ0) is 13.2. The Morgan fingerprint density at radius 1 is 1.60 bits per heavy atom. The molecule has 0 saturated carbocycles. The first-order valence-electron chi connectivity index (χ1n) is 6.04. The lowest BCUT2D eigenvalue weighted by molar-refractivity contribution is -0.0286. The quantitative estimate of drug-likeness (QED) is 0.571. The van der Waals surface area contributed by atoms with Crippen molar-refractivity contribution in [2.24, 2.45) is 0 Å². The molecule has 1 aliphatic rings. The number of rotatable bonds is 5. The molecule has 0 aromatic rings. The number of hydrogen-bond donors (Lipinski definition) is 1. The smallest absolute Gasteiger partial charge is 0.272 e. The van der Waals surface area contributed by atoms with E-state index in [1.165, 1.54) is 0 Å².